The van der Waals surface area contributed by atoms with Crippen LogP contribution in [0.3, 0.4) is 0 Å². The third-order valence-electron chi connectivity index (χ3n) is 2.14. The standard InChI is InChI=1S/C10H10NO/c12-10-7-6-9(11-10)8-4-2-1-3-5-8/h2-5,9H,6-7H2,(H,11,12). The molecule has 0 aliphatic carbocycles. The van der Waals surface area contributed by atoms with E-state index in [2.05, 4.69) is 11.4 Å². The molecule has 0 saturated carbocycles. The van der Waals surface area contributed by atoms with Gasteiger partial charge in [-0.25, -0.2) is 0 Å². The molecule has 0 bridgehead atoms. The van der Waals surface area contributed by atoms with Gasteiger partial charge in [-0.05, 0) is 18.1 Å². The van der Waals surface area contributed by atoms with Crippen molar-refractivity contribution in [3.05, 3.63) is 35.9 Å². The lowest BCUT2D eigenvalue weighted by molar-refractivity contribution is -0.119. The minimum atomic E-state index is 0.160. The molecule has 1 amide bonds. The topological polar surface area (TPSA) is 29.1 Å². The van der Waals surface area contributed by atoms with Crippen LogP contribution in [0.25, 0.3) is 0 Å². The number of nitrogens with one attached hydrogen (secondary N) is 1. The van der Waals surface area contributed by atoms with Crippen molar-refractivity contribution in [3.63, 3.8) is 0 Å². The molecule has 1 aliphatic heterocycles. The fourth-order valence-electron chi connectivity index (χ4n) is 1.50. The average Bonchev–Trinajstić information content (AvgIpc) is 2.54. The number of carbonyl (C=O) groups excluding carboxylic acids is 1. The number of hydrogen-bond donors (Lipinski definition) is 1. The SMILES string of the molecule is O=C1CCC(c2cc[c]cc2)N1. The first-order valence-corrected chi connectivity index (χ1v) is 4.11. The van der Waals surface area contributed by atoms with Crippen molar-refractivity contribution in [3.8, 4) is 0 Å². The summed E-state index contributed by atoms with van der Waals surface area (Å²) in [5.41, 5.74) is 1.18. The summed E-state index contributed by atoms with van der Waals surface area (Å²) in [5.74, 6) is 0.160. The zero-order valence-electron chi connectivity index (χ0n) is 6.71. The van der Waals surface area contributed by atoms with E-state index in [-0.39, 0.29) is 11.9 Å². The molecule has 1 aromatic carbocycles. The Bertz CT molecular complexity index is 281. The van der Waals surface area contributed by atoms with Crippen molar-refractivity contribution < 1.29 is 4.79 Å². The van der Waals surface area contributed by atoms with E-state index >= 15 is 0 Å². The molecule has 1 atom stereocenters. The number of hydrogen-bond acceptors (Lipinski definition) is 1. The molecule has 2 nitrogen and oxygen atoms in total. The van der Waals surface area contributed by atoms with Crippen LogP contribution in [0, 0.1) is 6.07 Å². The summed E-state index contributed by atoms with van der Waals surface area (Å²) in [6.07, 6.45) is 1.58. The number of carbonyl (C=O) groups is 1. The van der Waals surface area contributed by atoms with Crippen molar-refractivity contribution in [2.75, 3.05) is 0 Å². The van der Waals surface area contributed by atoms with Crippen molar-refractivity contribution in [1.82, 2.24) is 5.32 Å². The van der Waals surface area contributed by atoms with Gasteiger partial charge >= 0.3 is 0 Å². The molecule has 0 spiro atoms. The van der Waals surface area contributed by atoms with Crippen LogP contribution in [-0.4, -0.2) is 5.91 Å². The van der Waals surface area contributed by atoms with Crippen molar-refractivity contribution in [2.45, 2.75) is 18.9 Å². The Morgan fingerprint density at radius 3 is 2.75 bits per heavy atom. The summed E-state index contributed by atoms with van der Waals surface area (Å²) >= 11 is 0. The highest BCUT2D eigenvalue weighted by atomic mass is 16.1. The van der Waals surface area contributed by atoms with E-state index in [4.69, 9.17) is 0 Å². The monoisotopic (exact) mass is 160 g/mol. The third-order valence-corrected chi connectivity index (χ3v) is 2.14. The molecular weight excluding hydrogens is 150 g/mol. The van der Waals surface area contributed by atoms with E-state index in [1.807, 2.05) is 24.3 Å². The van der Waals surface area contributed by atoms with E-state index in [1.54, 1.807) is 0 Å². The molecule has 1 saturated heterocycles. The molecule has 1 unspecified atom stereocenters. The summed E-state index contributed by atoms with van der Waals surface area (Å²) < 4.78 is 0. The largest absolute Gasteiger partial charge is 0.349 e. The summed E-state index contributed by atoms with van der Waals surface area (Å²) in [6, 6.07) is 10.9. The van der Waals surface area contributed by atoms with Crippen LogP contribution in [0.5, 0.6) is 0 Å². The second-order valence-electron chi connectivity index (χ2n) is 2.99. The Hall–Kier alpha value is -1.31. The molecule has 1 fully saturated rings. The first-order valence-electron chi connectivity index (χ1n) is 4.11. The van der Waals surface area contributed by atoms with Gasteiger partial charge in [0.2, 0.25) is 5.91 Å². The van der Waals surface area contributed by atoms with Crippen LogP contribution in [0.2, 0.25) is 0 Å². The molecule has 0 aromatic heterocycles. The first-order chi connectivity index (χ1) is 5.86. The highest BCUT2D eigenvalue weighted by Gasteiger charge is 2.21. The van der Waals surface area contributed by atoms with Crippen LogP contribution >= 0.6 is 0 Å². The van der Waals surface area contributed by atoms with E-state index in [0.717, 1.165) is 6.42 Å². The maximum atomic E-state index is 10.9. The van der Waals surface area contributed by atoms with Crippen molar-refractivity contribution in [1.29, 1.82) is 0 Å². The summed E-state index contributed by atoms with van der Waals surface area (Å²) in [7, 11) is 0. The van der Waals surface area contributed by atoms with Gasteiger partial charge in [-0.2, -0.15) is 0 Å². The Morgan fingerprint density at radius 1 is 1.42 bits per heavy atom. The Balaban J connectivity index is 2.16. The van der Waals surface area contributed by atoms with Gasteiger partial charge in [-0.1, -0.05) is 24.3 Å². The molecule has 1 N–H and O–H groups in total. The molecule has 12 heavy (non-hydrogen) atoms. The van der Waals surface area contributed by atoms with Gasteiger partial charge in [0.25, 0.3) is 0 Å². The normalized spacial score (nSPS) is 22.3. The van der Waals surface area contributed by atoms with E-state index < -0.39 is 0 Å². The molecule has 1 heterocycles. The van der Waals surface area contributed by atoms with Crippen LogP contribution in [-0.2, 0) is 4.79 Å². The van der Waals surface area contributed by atoms with Gasteiger partial charge < -0.3 is 5.32 Å². The molecular formula is C10H10NO. The van der Waals surface area contributed by atoms with Crippen molar-refractivity contribution >= 4 is 5.91 Å². The number of amides is 1. The molecule has 1 radical (unpaired) electrons. The maximum absolute atomic E-state index is 10.9. The highest BCUT2D eigenvalue weighted by molar-refractivity contribution is 5.78. The molecule has 1 aromatic rings. The van der Waals surface area contributed by atoms with Gasteiger partial charge in [-0.3, -0.25) is 4.79 Å². The lowest BCUT2D eigenvalue weighted by Gasteiger charge is -2.08. The Kier molecular flexibility index (Phi) is 1.82. The van der Waals surface area contributed by atoms with Crippen LogP contribution in [0.4, 0.5) is 0 Å². The van der Waals surface area contributed by atoms with Gasteiger partial charge in [0.1, 0.15) is 0 Å². The number of rotatable bonds is 1. The summed E-state index contributed by atoms with van der Waals surface area (Å²) in [6.45, 7) is 0. The van der Waals surface area contributed by atoms with Gasteiger partial charge in [0, 0.05) is 6.42 Å². The van der Waals surface area contributed by atoms with Gasteiger partial charge in [0.15, 0.2) is 0 Å². The minimum absolute atomic E-state index is 0.160. The quantitative estimate of drug-likeness (QED) is 0.661. The molecule has 61 valence electrons. The van der Waals surface area contributed by atoms with Crippen LogP contribution in [0.15, 0.2) is 24.3 Å². The zero-order valence-corrected chi connectivity index (χ0v) is 6.71. The number of benzene rings is 1. The summed E-state index contributed by atoms with van der Waals surface area (Å²) in [4.78, 5) is 10.9. The fraction of sp³-hybridized carbons (Fsp3) is 0.300. The average molecular weight is 160 g/mol. The second kappa shape index (κ2) is 2.97. The molecule has 2 heteroatoms. The molecule has 2 rings (SSSR count). The first kappa shape index (κ1) is 7.35. The van der Waals surface area contributed by atoms with Gasteiger partial charge in [-0.15, -0.1) is 0 Å². The Morgan fingerprint density at radius 2 is 2.17 bits per heavy atom. The predicted molar refractivity (Wildman–Crippen MR) is 45.4 cm³/mol. The highest BCUT2D eigenvalue weighted by Crippen LogP contribution is 2.22. The molecule has 1 aliphatic rings. The predicted octanol–water partition coefficient (Wildman–Crippen LogP) is 1.44. The third kappa shape index (κ3) is 1.33. The lowest BCUT2D eigenvalue weighted by Crippen LogP contribution is -2.17. The van der Waals surface area contributed by atoms with E-state index in [9.17, 15) is 4.79 Å². The second-order valence-corrected chi connectivity index (χ2v) is 2.99. The fourth-order valence-corrected chi connectivity index (χ4v) is 1.50. The van der Waals surface area contributed by atoms with Crippen LogP contribution < -0.4 is 5.32 Å². The van der Waals surface area contributed by atoms with Crippen molar-refractivity contribution in [2.24, 2.45) is 0 Å². The van der Waals surface area contributed by atoms with E-state index in [1.165, 1.54) is 5.56 Å². The van der Waals surface area contributed by atoms with Crippen LogP contribution in [0.1, 0.15) is 24.4 Å². The summed E-state index contributed by atoms with van der Waals surface area (Å²) in [5, 5.41) is 2.92. The lowest BCUT2D eigenvalue weighted by atomic mass is 10.1. The maximum Gasteiger partial charge on any atom is 0.220 e. The smallest absolute Gasteiger partial charge is 0.220 e. The van der Waals surface area contributed by atoms with E-state index in [0.29, 0.717) is 6.42 Å². The minimum Gasteiger partial charge on any atom is -0.349 e. The van der Waals surface area contributed by atoms with Gasteiger partial charge in [0.05, 0.1) is 6.04 Å². The zero-order chi connectivity index (χ0) is 8.39. The Labute approximate surface area is 71.6 Å².